The van der Waals surface area contributed by atoms with Crippen LogP contribution in [-0.2, 0) is 0 Å². The van der Waals surface area contributed by atoms with Gasteiger partial charge in [0.15, 0.2) is 5.65 Å². The van der Waals surface area contributed by atoms with E-state index in [0.29, 0.717) is 11.5 Å². The van der Waals surface area contributed by atoms with Crippen LogP contribution in [0.25, 0.3) is 22.2 Å². The van der Waals surface area contributed by atoms with Gasteiger partial charge in [0.05, 0.1) is 0 Å². The Morgan fingerprint density at radius 1 is 0.900 bits per heavy atom. The van der Waals surface area contributed by atoms with Crippen molar-refractivity contribution in [3.05, 3.63) is 41.6 Å². The predicted molar refractivity (Wildman–Crippen MR) is 81.1 cm³/mol. The molecule has 0 spiro atoms. The van der Waals surface area contributed by atoms with Gasteiger partial charge in [0, 0.05) is 17.1 Å². The van der Waals surface area contributed by atoms with E-state index in [1.54, 1.807) is 6.20 Å². The van der Waals surface area contributed by atoms with Crippen molar-refractivity contribution in [1.82, 2.24) is 15.0 Å². The molecule has 20 heavy (non-hydrogen) atoms. The molecule has 2 heterocycles. The number of nitrogens with zero attached hydrogens (tertiary/aromatic N) is 3. The molecule has 0 saturated carbocycles. The van der Waals surface area contributed by atoms with E-state index in [0.717, 1.165) is 16.5 Å². The third-order valence-corrected chi connectivity index (χ3v) is 3.15. The summed E-state index contributed by atoms with van der Waals surface area (Å²) >= 11 is 0. The molecule has 0 amide bonds. The lowest BCUT2D eigenvalue weighted by Gasteiger charge is -2.09. The first-order valence-electron chi connectivity index (χ1n) is 6.30. The Hall–Kier alpha value is -2.69. The highest BCUT2D eigenvalue weighted by molar-refractivity contribution is 5.87. The van der Waals surface area contributed by atoms with E-state index in [9.17, 15) is 0 Å². The summed E-state index contributed by atoms with van der Waals surface area (Å²) in [5.74, 6) is 0.643. The van der Waals surface area contributed by atoms with E-state index in [2.05, 4.69) is 47.0 Å². The Bertz CT molecular complexity index is 790. The highest BCUT2D eigenvalue weighted by Crippen LogP contribution is 2.29. The molecular formula is C15H15N5. The number of hydrogen-bond donors (Lipinski definition) is 2. The number of fused-ring (bicyclic) bond motifs is 1. The molecule has 4 N–H and O–H groups in total. The van der Waals surface area contributed by atoms with Gasteiger partial charge in [-0.1, -0.05) is 29.3 Å². The molecule has 0 atom stereocenters. The van der Waals surface area contributed by atoms with Crippen LogP contribution in [0.15, 0.2) is 30.5 Å². The second kappa shape index (κ2) is 4.45. The van der Waals surface area contributed by atoms with Gasteiger partial charge in [0.2, 0.25) is 5.95 Å². The van der Waals surface area contributed by atoms with Crippen LogP contribution in [0.5, 0.6) is 0 Å². The first-order valence-corrected chi connectivity index (χ1v) is 6.30. The van der Waals surface area contributed by atoms with E-state index in [4.69, 9.17) is 11.5 Å². The first kappa shape index (κ1) is 12.3. The Kier molecular flexibility index (Phi) is 2.75. The highest BCUT2D eigenvalue weighted by Gasteiger charge is 2.09. The molecule has 2 aromatic heterocycles. The van der Waals surface area contributed by atoms with E-state index >= 15 is 0 Å². The van der Waals surface area contributed by atoms with Crippen molar-refractivity contribution in [3.8, 4) is 11.1 Å². The Balaban J connectivity index is 2.25. The predicted octanol–water partition coefficient (Wildman–Crippen LogP) is 2.47. The SMILES string of the molecule is Cc1cc(C)cc(-c2cc3cnc(N)nc3nc2N)c1. The number of nitrogen functional groups attached to an aromatic ring is 2. The van der Waals surface area contributed by atoms with Crippen LogP contribution >= 0.6 is 0 Å². The number of aryl methyl sites for hydroxylation is 2. The van der Waals surface area contributed by atoms with Gasteiger partial charge in [0.1, 0.15) is 5.82 Å². The number of benzene rings is 1. The minimum atomic E-state index is 0.198. The molecule has 5 heteroatoms. The zero-order valence-corrected chi connectivity index (χ0v) is 11.4. The maximum Gasteiger partial charge on any atom is 0.222 e. The van der Waals surface area contributed by atoms with Crippen molar-refractivity contribution in [2.45, 2.75) is 13.8 Å². The second-order valence-corrected chi connectivity index (χ2v) is 4.94. The number of rotatable bonds is 1. The topological polar surface area (TPSA) is 90.7 Å². The number of aromatic nitrogens is 3. The van der Waals surface area contributed by atoms with Gasteiger partial charge in [-0.25, -0.2) is 9.97 Å². The maximum absolute atomic E-state index is 6.06. The molecular weight excluding hydrogens is 250 g/mol. The average Bonchev–Trinajstić information content (AvgIpc) is 2.36. The molecule has 0 aliphatic heterocycles. The molecule has 3 aromatic rings. The fourth-order valence-electron chi connectivity index (χ4n) is 2.35. The Labute approximate surface area is 116 Å². The largest absolute Gasteiger partial charge is 0.383 e. The lowest BCUT2D eigenvalue weighted by molar-refractivity contribution is 1.20. The smallest absolute Gasteiger partial charge is 0.222 e. The van der Waals surface area contributed by atoms with Crippen LogP contribution in [0.3, 0.4) is 0 Å². The average molecular weight is 265 g/mol. The van der Waals surface area contributed by atoms with Gasteiger partial charge >= 0.3 is 0 Å². The maximum atomic E-state index is 6.06. The van der Waals surface area contributed by atoms with Crippen LogP contribution in [0.4, 0.5) is 11.8 Å². The monoisotopic (exact) mass is 265 g/mol. The molecule has 100 valence electrons. The van der Waals surface area contributed by atoms with Crippen molar-refractivity contribution < 1.29 is 0 Å². The third kappa shape index (κ3) is 2.14. The summed E-state index contributed by atoms with van der Waals surface area (Å²) in [5, 5.41) is 0.822. The summed E-state index contributed by atoms with van der Waals surface area (Å²) in [4.78, 5) is 12.4. The van der Waals surface area contributed by atoms with Crippen LogP contribution in [-0.4, -0.2) is 15.0 Å². The van der Waals surface area contributed by atoms with Crippen molar-refractivity contribution in [3.63, 3.8) is 0 Å². The minimum absolute atomic E-state index is 0.198. The molecule has 0 aliphatic rings. The summed E-state index contributed by atoms with van der Waals surface area (Å²) < 4.78 is 0. The van der Waals surface area contributed by atoms with Gasteiger partial charge in [-0.3, -0.25) is 0 Å². The normalized spacial score (nSPS) is 10.9. The van der Waals surface area contributed by atoms with Crippen molar-refractivity contribution in [1.29, 1.82) is 0 Å². The zero-order valence-electron chi connectivity index (χ0n) is 11.4. The van der Waals surface area contributed by atoms with E-state index in [1.807, 2.05) is 6.07 Å². The summed E-state index contributed by atoms with van der Waals surface area (Å²) in [6.07, 6.45) is 1.66. The molecule has 0 bridgehead atoms. The first-order chi connectivity index (χ1) is 9.52. The molecule has 5 nitrogen and oxygen atoms in total. The highest BCUT2D eigenvalue weighted by atomic mass is 15.0. The lowest BCUT2D eigenvalue weighted by atomic mass is 10.0. The summed E-state index contributed by atoms with van der Waals surface area (Å²) in [7, 11) is 0. The fraction of sp³-hybridized carbons (Fsp3) is 0.133. The molecule has 0 unspecified atom stereocenters. The molecule has 0 saturated heterocycles. The van der Waals surface area contributed by atoms with Gasteiger partial charge in [-0.15, -0.1) is 0 Å². The van der Waals surface area contributed by atoms with Crippen molar-refractivity contribution in [2.24, 2.45) is 0 Å². The molecule has 0 aliphatic carbocycles. The minimum Gasteiger partial charge on any atom is -0.383 e. The van der Waals surface area contributed by atoms with E-state index in [1.165, 1.54) is 11.1 Å². The standard InChI is InChI=1S/C15H15N5/c1-8-3-9(2)5-10(4-8)12-6-11-7-18-15(17)20-14(11)19-13(12)16/h3-7H,1-2H3,(H4,16,17,18,19,20). The van der Waals surface area contributed by atoms with Crippen LogP contribution in [0.1, 0.15) is 11.1 Å². The fourth-order valence-corrected chi connectivity index (χ4v) is 2.35. The lowest BCUT2D eigenvalue weighted by Crippen LogP contribution is -2.00. The third-order valence-electron chi connectivity index (χ3n) is 3.15. The zero-order chi connectivity index (χ0) is 14.3. The Morgan fingerprint density at radius 3 is 2.30 bits per heavy atom. The van der Waals surface area contributed by atoms with Gasteiger partial charge in [-0.2, -0.15) is 4.98 Å². The van der Waals surface area contributed by atoms with Gasteiger partial charge < -0.3 is 11.5 Å². The summed E-state index contributed by atoms with van der Waals surface area (Å²) in [6, 6.07) is 8.25. The van der Waals surface area contributed by atoms with Gasteiger partial charge in [-0.05, 0) is 25.5 Å². The summed E-state index contributed by atoms with van der Waals surface area (Å²) in [5.41, 5.74) is 16.4. The van der Waals surface area contributed by atoms with E-state index in [-0.39, 0.29) is 5.95 Å². The van der Waals surface area contributed by atoms with Crippen molar-refractivity contribution >= 4 is 22.8 Å². The molecule has 1 aromatic carbocycles. The summed E-state index contributed by atoms with van der Waals surface area (Å²) in [6.45, 7) is 4.12. The molecule has 0 fully saturated rings. The number of nitrogens with two attached hydrogens (primary N) is 2. The van der Waals surface area contributed by atoms with Crippen LogP contribution < -0.4 is 11.5 Å². The number of anilines is 2. The number of hydrogen-bond acceptors (Lipinski definition) is 5. The number of pyridine rings is 1. The quantitative estimate of drug-likeness (QED) is 0.705. The molecule has 3 rings (SSSR count). The second-order valence-electron chi connectivity index (χ2n) is 4.94. The van der Waals surface area contributed by atoms with Gasteiger partial charge in [0.25, 0.3) is 0 Å². The van der Waals surface area contributed by atoms with Crippen molar-refractivity contribution in [2.75, 3.05) is 11.5 Å². The van der Waals surface area contributed by atoms with Crippen LogP contribution in [0, 0.1) is 13.8 Å². The Morgan fingerprint density at radius 2 is 1.60 bits per heavy atom. The van der Waals surface area contributed by atoms with E-state index < -0.39 is 0 Å². The van der Waals surface area contributed by atoms with Crippen LogP contribution in [0.2, 0.25) is 0 Å². The molecule has 0 radical (unpaired) electrons.